The van der Waals surface area contributed by atoms with Gasteiger partial charge >= 0.3 is 11.9 Å². The van der Waals surface area contributed by atoms with Crippen molar-refractivity contribution in [2.24, 2.45) is 5.92 Å². The molecule has 1 heterocycles. The van der Waals surface area contributed by atoms with E-state index in [2.05, 4.69) is 4.85 Å². The topological polar surface area (TPSA) is 33.9 Å². The first-order valence-corrected chi connectivity index (χ1v) is 4.90. The van der Waals surface area contributed by atoms with Gasteiger partial charge in [0.2, 0.25) is 0 Å². The smallest absolute Gasteiger partial charge is 0.306 e. The molecule has 1 rings (SSSR count). The van der Waals surface area contributed by atoms with E-state index in [1.807, 2.05) is 13.8 Å². The molecule has 78 valence electrons. The van der Waals surface area contributed by atoms with Crippen LogP contribution in [0.2, 0.25) is 0 Å². The predicted molar refractivity (Wildman–Crippen MR) is 52.6 cm³/mol. The molecule has 4 nitrogen and oxygen atoms in total. The molecule has 1 aliphatic heterocycles. The van der Waals surface area contributed by atoms with Crippen molar-refractivity contribution in [3.8, 4) is 0 Å². The second kappa shape index (κ2) is 4.97. The molecule has 1 atom stereocenters. The monoisotopic (exact) mass is 196 g/mol. The van der Waals surface area contributed by atoms with Gasteiger partial charge in [0.05, 0.1) is 13.2 Å². The van der Waals surface area contributed by atoms with Crippen LogP contribution in [-0.4, -0.2) is 43.2 Å². The summed E-state index contributed by atoms with van der Waals surface area (Å²) in [7, 11) is 0. The van der Waals surface area contributed by atoms with Crippen molar-refractivity contribution in [3.05, 3.63) is 11.4 Å². The van der Waals surface area contributed by atoms with Crippen molar-refractivity contribution in [3.63, 3.8) is 0 Å². The Morgan fingerprint density at radius 1 is 1.43 bits per heavy atom. The van der Waals surface area contributed by atoms with Gasteiger partial charge in [-0.15, -0.1) is 0 Å². The zero-order chi connectivity index (χ0) is 10.6. The number of carbonyl (C=O) groups excluding carboxylic acids is 1. The van der Waals surface area contributed by atoms with Crippen LogP contribution >= 0.6 is 0 Å². The highest BCUT2D eigenvalue weighted by Gasteiger charge is 2.32. The maximum absolute atomic E-state index is 11.8. The van der Waals surface area contributed by atoms with Crippen molar-refractivity contribution < 1.29 is 9.53 Å². The van der Waals surface area contributed by atoms with Crippen molar-refractivity contribution >= 4 is 5.91 Å². The lowest BCUT2D eigenvalue weighted by molar-refractivity contribution is -0.136. The van der Waals surface area contributed by atoms with Crippen LogP contribution in [0.15, 0.2) is 0 Å². The summed E-state index contributed by atoms with van der Waals surface area (Å²) in [6, 6.07) is -0.520. The molecular weight excluding hydrogens is 180 g/mol. The number of ether oxygens (including phenoxy) is 1. The summed E-state index contributed by atoms with van der Waals surface area (Å²) in [4.78, 5) is 16.9. The van der Waals surface area contributed by atoms with Gasteiger partial charge in [-0.1, -0.05) is 13.8 Å². The van der Waals surface area contributed by atoms with E-state index >= 15 is 0 Å². The molecule has 0 bridgehead atoms. The Morgan fingerprint density at radius 3 is 2.43 bits per heavy atom. The maximum atomic E-state index is 11.8. The summed E-state index contributed by atoms with van der Waals surface area (Å²) in [6.45, 7) is 13.2. The number of carbonyl (C=O) groups is 1. The van der Waals surface area contributed by atoms with Crippen LogP contribution < -0.4 is 0 Å². The summed E-state index contributed by atoms with van der Waals surface area (Å²) in [5, 5.41) is 0. The summed E-state index contributed by atoms with van der Waals surface area (Å²) < 4.78 is 5.15. The van der Waals surface area contributed by atoms with Crippen LogP contribution in [0.3, 0.4) is 0 Å². The molecule has 1 amide bonds. The van der Waals surface area contributed by atoms with Gasteiger partial charge in [0, 0.05) is 19.0 Å². The van der Waals surface area contributed by atoms with Gasteiger partial charge in [0.25, 0.3) is 0 Å². The molecule has 1 saturated heterocycles. The quantitative estimate of drug-likeness (QED) is 0.612. The van der Waals surface area contributed by atoms with Crippen molar-refractivity contribution in [1.29, 1.82) is 0 Å². The number of rotatable bonds is 2. The first-order chi connectivity index (χ1) is 6.66. The first-order valence-electron chi connectivity index (χ1n) is 4.90. The van der Waals surface area contributed by atoms with E-state index in [0.29, 0.717) is 26.3 Å². The largest absolute Gasteiger partial charge is 0.378 e. The number of amides is 1. The lowest BCUT2D eigenvalue weighted by Crippen LogP contribution is -2.46. The van der Waals surface area contributed by atoms with Gasteiger partial charge in [0.15, 0.2) is 0 Å². The lowest BCUT2D eigenvalue weighted by atomic mass is 10.0. The first kappa shape index (κ1) is 11.0. The summed E-state index contributed by atoms with van der Waals surface area (Å²) in [5.74, 6) is 0.0427. The molecule has 14 heavy (non-hydrogen) atoms. The third-order valence-corrected chi connectivity index (χ3v) is 2.35. The van der Waals surface area contributed by atoms with Gasteiger partial charge in [-0.3, -0.25) is 4.79 Å². The van der Waals surface area contributed by atoms with E-state index in [-0.39, 0.29) is 11.8 Å². The predicted octanol–water partition coefficient (Wildman–Crippen LogP) is 0.789. The van der Waals surface area contributed by atoms with Gasteiger partial charge in [-0.2, -0.15) is 0 Å². The Balaban J connectivity index is 2.58. The van der Waals surface area contributed by atoms with Gasteiger partial charge < -0.3 is 14.5 Å². The van der Waals surface area contributed by atoms with Crippen LogP contribution in [0.1, 0.15) is 13.8 Å². The molecule has 4 heteroatoms. The van der Waals surface area contributed by atoms with E-state index in [1.54, 1.807) is 4.90 Å². The van der Waals surface area contributed by atoms with Crippen molar-refractivity contribution in [1.82, 2.24) is 4.90 Å². The third-order valence-electron chi connectivity index (χ3n) is 2.35. The molecule has 1 unspecified atom stereocenters. The Hall–Kier alpha value is -1.08. The lowest BCUT2D eigenvalue weighted by Gasteiger charge is -2.27. The minimum absolute atomic E-state index is 0.0432. The van der Waals surface area contributed by atoms with Crippen LogP contribution in [0, 0.1) is 12.5 Å². The average molecular weight is 196 g/mol. The molecule has 0 spiro atoms. The van der Waals surface area contributed by atoms with Gasteiger partial charge in [-0.05, 0) is 0 Å². The highest BCUT2D eigenvalue weighted by molar-refractivity contribution is 5.83. The minimum atomic E-state index is -0.520. The highest BCUT2D eigenvalue weighted by Crippen LogP contribution is 2.11. The Kier molecular flexibility index (Phi) is 3.90. The highest BCUT2D eigenvalue weighted by atomic mass is 16.5. The summed E-state index contributed by atoms with van der Waals surface area (Å²) in [6.07, 6.45) is 0. The number of morpholine rings is 1. The van der Waals surface area contributed by atoms with Crippen molar-refractivity contribution in [2.75, 3.05) is 26.3 Å². The fourth-order valence-corrected chi connectivity index (χ4v) is 1.46. The average Bonchev–Trinajstić information content (AvgIpc) is 2.19. The Bertz CT molecular complexity index is 239. The molecule has 0 N–H and O–H groups in total. The third kappa shape index (κ3) is 2.46. The Morgan fingerprint density at radius 2 is 2.00 bits per heavy atom. The maximum Gasteiger partial charge on any atom is 0.306 e. The van der Waals surface area contributed by atoms with Crippen LogP contribution in [-0.2, 0) is 9.53 Å². The van der Waals surface area contributed by atoms with E-state index in [4.69, 9.17) is 11.3 Å². The number of hydrogen-bond acceptors (Lipinski definition) is 2. The zero-order valence-corrected chi connectivity index (χ0v) is 8.69. The SMILES string of the molecule is [C-]#[N+]C(C(=O)N1CCOCC1)C(C)C. The van der Waals surface area contributed by atoms with Gasteiger partial charge in [0.1, 0.15) is 0 Å². The number of hydrogen-bond donors (Lipinski definition) is 0. The fourth-order valence-electron chi connectivity index (χ4n) is 1.46. The molecule has 0 saturated carbocycles. The second-order valence-electron chi connectivity index (χ2n) is 3.76. The normalized spacial score (nSPS) is 19.1. The van der Waals surface area contributed by atoms with Crippen LogP contribution in [0.25, 0.3) is 4.85 Å². The molecule has 0 aromatic rings. The standard InChI is InChI=1S/C10H16N2O2/c1-8(2)9(11-3)10(13)12-4-6-14-7-5-12/h8-9H,4-7H2,1-2H3. The van der Waals surface area contributed by atoms with Crippen LogP contribution in [0.4, 0.5) is 0 Å². The molecule has 0 aliphatic carbocycles. The molecule has 1 fully saturated rings. The zero-order valence-electron chi connectivity index (χ0n) is 8.69. The molecule has 0 radical (unpaired) electrons. The Labute approximate surface area is 84.7 Å². The molecule has 0 aromatic heterocycles. The minimum Gasteiger partial charge on any atom is -0.378 e. The van der Waals surface area contributed by atoms with E-state index in [9.17, 15) is 4.79 Å². The second-order valence-corrected chi connectivity index (χ2v) is 3.76. The van der Waals surface area contributed by atoms with Crippen LogP contribution in [0.5, 0.6) is 0 Å². The molecule has 1 aliphatic rings. The number of nitrogens with zero attached hydrogens (tertiary/aromatic N) is 2. The molecular formula is C10H16N2O2. The summed E-state index contributed by atoms with van der Waals surface area (Å²) in [5.41, 5.74) is 0. The van der Waals surface area contributed by atoms with E-state index < -0.39 is 6.04 Å². The molecule has 0 aromatic carbocycles. The van der Waals surface area contributed by atoms with E-state index in [0.717, 1.165) is 0 Å². The van der Waals surface area contributed by atoms with Gasteiger partial charge in [-0.25, -0.2) is 6.57 Å². The van der Waals surface area contributed by atoms with Crippen molar-refractivity contribution in [2.45, 2.75) is 19.9 Å². The fraction of sp³-hybridized carbons (Fsp3) is 0.800. The van der Waals surface area contributed by atoms with E-state index in [1.165, 1.54) is 0 Å². The summed E-state index contributed by atoms with van der Waals surface area (Å²) >= 11 is 0.